The largest absolute Gasteiger partial charge is 0.372 e. The molecule has 1 unspecified atom stereocenters. The average Bonchev–Trinajstić information content (AvgIpc) is 3.27. The Morgan fingerprint density at radius 1 is 1.04 bits per heavy atom. The van der Waals surface area contributed by atoms with Crippen LogP contribution in [-0.4, -0.2) is 34.6 Å². The summed E-state index contributed by atoms with van der Waals surface area (Å²) < 4.78 is 0. The number of anilines is 1. The van der Waals surface area contributed by atoms with Crippen molar-refractivity contribution in [3.63, 3.8) is 0 Å². The minimum atomic E-state index is 0.110. The topological polar surface area (TPSA) is 36.4 Å². The van der Waals surface area contributed by atoms with Gasteiger partial charge in [-0.2, -0.15) is 0 Å². The molecule has 0 bridgehead atoms. The fourth-order valence-corrected chi connectivity index (χ4v) is 4.60. The molecule has 5 heteroatoms. The first-order valence-electron chi connectivity index (χ1n) is 8.46. The molecule has 2 fully saturated rings. The molecule has 4 nitrogen and oxygen atoms in total. The third-order valence-electron chi connectivity index (χ3n) is 4.72. The number of nitrogens with zero attached hydrogens (tertiary/aromatic N) is 3. The van der Waals surface area contributed by atoms with Gasteiger partial charge in [0.25, 0.3) is 0 Å². The molecule has 0 aliphatic carbocycles. The van der Waals surface area contributed by atoms with Crippen molar-refractivity contribution < 1.29 is 4.79 Å². The summed E-state index contributed by atoms with van der Waals surface area (Å²) in [5, 5.41) is 0.110. The second-order valence-corrected chi connectivity index (χ2v) is 7.39. The molecule has 0 radical (unpaired) electrons. The molecule has 3 heterocycles. The van der Waals surface area contributed by atoms with Crippen LogP contribution in [-0.2, 0) is 11.3 Å². The summed E-state index contributed by atoms with van der Waals surface area (Å²) >= 11 is 1.72. The molecule has 1 atom stereocenters. The van der Waals surface area contributed by atoms with Gasteiger partial charge in [0.2, 0.25) is 5.91 Å². The maximum Gasteiger partial charge on any atom is 0.234 e. The molecule has 2 aromatic rings. The highest BCUT2D eigenvalue weighted by atomic mass is 32.2. The lowest BCUT2D eigenvalue weighted by Crippen LogP contribution is -2.27. The van der Waals surface area contributed by atoms with Gasteiger partial charge in [0.1, 0.15) is 5.37 Å². The van der Waals surface area contributed by atoms with Crippen molar-refractivity contribution in [1.82, 2.24) is 9.88 Å². The Balaban J connectivity index is 1.52. The van der Waals surface area contributed by atoms with E-state index in [2.05, 4.69) is 34.1 Å². The van der Waals surface area contributed by atoms with Crippen molar-refractivity contribution in [3.8, 4) is 0 Å². The van der Waals surface area contributed by atoms with Crippen molar-refractivity contribution in [2.75, 3.05) is 23.7 Å². The zero-order valence-electron chi connectivity index (χ0n) is 13.6. The van der Waals surface area contributed by atoms with Gasteiger partial charge in [-0.3, -0.25) is 9.78 Å². The van der Waals surface area contributed by atoms with E-state index in [9.17, 15) is 4.79 Å². The predicted octanol–water partition coefficient (Wildman–Crippen LogP) is 3.46. The van der Waals surface area contributed by atoms with E-state index in [0.29, 0.717) is 12.3 Å². The molecule has 0 N–H and O–H groups in total. The van der Waals surface area contributed by atoms with Gasteiger partial charge >= 0.3 is 0 Å². The van der Waals surface area contributed by atoms with Crippen molar-refractivity contribution in [2.24, 2.45) is 0 Å². The van der Waals surface area contributed by atoms with Gasteiger partial charge in [0.15, 0.2) is 0 Å². The fourth-order valence-electron chi connectivity index (χ4n) is 3.41. The van der Waals surface area contributed by atoms with Crippen LogP contribution in [0.2, 0.25) is 0 Å². The van der Waals surface area contributed by atoms with Gasteiger partial charge in [0.05, 0.1) is 5.75 Å². The predicted molar refractivity (Wildman–Crippen MR) is 97.9 cm³/mol. The molecule has 1 aromatic heterocycles. The molecule has 1 amide bonds. The Hall–Kier alpha value is -2.01. The normalized spacial score (nSPS) is 20.8. The lowest BCUT2D eigenvalue weighted by molar-refractivity contribution is -0.128. The van der Waals surface area contributed by atoms with Gasteiger partial charge in [-0.15, -0.1) is 11.8 Å². The van der Waals surface area contributed by atoms with E-state index in [-0.39, 0.29) is 11.3 Å². The first-order valence-corrected chi connectivity index (χ1v) is 9.51. The van der Waals surface area contributed by atoms with Crippen molar-refractivity contribution >= 4 is 23.4 Å². The lowest BCUT2D eigenvalue weighted by atomic mass is 10.1. The van der Waals surface area contributed by atoms with Crippen molar-refractivity contribution in [1.29, 1.82) is 0 Å². The number of rotatable bonds is 4. The van der Waals surface area contributed by atoms with Gasteiger partial charge < -0.3 is 9.80 Å². The van der Waals surface area contributed by atoms with Gasteiger partial charge in [-0.05, 0) is 48.2 Å². The molecule has 4 rings (SSSR count). The minimum Gasteiger partial charge on any atom is -0.372 e. The Morgan fingerprint density at radius 3 is 2.46 bits per heavy atom. The number of hydrogen-bond donors (Lipinski definition) is 0. The van der Waals surface area contributed by atoms with Crippen LogP contribution in [0.1, 0.15) is 29.3 Å². The van der Waals surface area contributed by atoms with Crippen LogP contribution in [0.25, 0.3) is 0 Å². The van der Waals surface area contributed by atoms with Crippen LogP contribution in [0, 0.1) is 0 Å². The third kappa shape index (κ3) is 3.13. The second kappa shape index (κ2) is 6.85. The maximum atomic E-state index is 12.3. The van der Waals surface area contributed by atoms with Gasteiger partial charge in [-0.1, -0.05) is 12.1 Å². The zero-order chi connectivity index (χ0) is 16.4. The maximum absolute atomic E-state index is 12.3. The van der Waals surface area contributed by atoms with E-state index >= 15 is 0 Å². The SMILES string of the molecule is O=C1CSC(c2ccc(N3CCCC3)cc2)N1Cc1ccncc1. The third-order valence-corrected chi connectivity index (χ3v) is 5.98. The van der Waals surface area contributed by atoms with E-state index in [1.165, 1.54) is 24.1 Å². The molecule has 1 aromatic carbocycles. The number of carbonyl (C=O) groups is 1. The highest BCUT2D eigenvalue weighted by molar-refractivity contribution is 8.00. The van der Waals surface area contributed by atoms with E-state index in [4.69, 9.17) is 0 Å². The van der Waals surface area contributed by atoms with Crippen molar-refractivity contribution in [3.05, 3.63) is 59.9 Å². The van der Waals surface area contributed by atoms with Crippen LogP contribution in [0.4, 0.5) is 5.69 Å². The van der Waals surface area contributed by atoms with Gasteiger partial charge in [0, 0.05) is 37.7 Å². The van der Waals surface area contributed by atoms with Crippen LogP contribution >= 0.6 is 11.8 Å². The lowest BCUT2D eigenvalue weighted by Gasteiger charge is -2.25. The van der Waals surface area contributed by atoms with Crippen LogP contribution in [0.5, 0.6) is 0 Å². The number of thioether (sulfide) groups is 1. The zero-order valence-corrected chi connectivity index (χ0v) is 14.4. The molecule has 2 aliphatic heterocycles. The van der Waals surface area contributed by atoms with Gasteiger partial charge in [-0.25, -0.2) is 0 Å². The molecule has 0 spiro atoms. The summed E-state index contributed by atoms with van der Waals surface area (Å²) in [7, 11) is 0. The molecule has 2 saturated heterocycles. The monoisotopic (exact) mass is 339 g/mol. The number of carbonyl (C=O) groups excluding carboxylic acids is 1. The Morgan fingerprint density at radius 2 is 1.75 bits per heavy atom. The standard InChI is InChI=1S/C19H21N3OS/c23-18-14-24-19(22(18)13-15-7-9-20-10-8-15)16-3-5-17(6-4-16)21-11-1-2-12-21/h3-10,19H,1-2,11-14H2. The summed E-state index contributed by atoms with van der Waals surface area (Å²) in [6.07, 6.45) is 6.13. The van der Waals surface area contributed by atoms with E-state index in [0.717, 1.165) is 18.7 Å². The summed E-state index contributed by atoms with van der Waals surface area (Å²) in [5.41, 5.74) is 3.63. The summed E-state index contributed by atoms with van der Waals surface area (Å²) in [6.45, 7) is 2.96. The van der Waals surface area contributed by atoms with Crippen molar-refractivity contribution in [2.45, 2.75) is 24.8 Å². The summed E-state index contributed by atoms with van der Waals surface area (Å²) in [4.78, 5) is 20.8. The Labute approximate surface area is 146 Å². The number of aromatic nitrogens is 1. The molecule has 24 heavy (non-hydrogen) atoms. The number of amides is 1. The number of benzene rings is 1. The highest BCUT2D eigenvalue weighted by Gasteiger charge is 2.32. The molecule has 124 valence electrons. The smallest absolute Gasteiger partial charge is 0.234 e. The quantitative estimate of drug-likeness (QED) is 0.855. The fraction of sp³-hybridized carbons (Fsp3) is 0.368. The average molecular weight is 339 g/mol. The van der Waals surface area contributed by atoms with E-state index < -0.39 is 0 Å². The van der Waals surface area contributed by atoms with Crippen LogP contribution in [0.3, 0.4) is 0 Å². The Kier molecular flexibility index (Phi) is 4.43. The Bertz CT molecular complexity index is 698. The number of hydrogen-bond acceptors (Lipinski definition) is 4. The summed E-state index contributed by atoms with van der Waals surface area (Å²) in [6, 6.07) is 12.7. The van der Waals surface area contributed by atoms with Crippen LogP contribution < -0.4 is 4.90 Å². The van der Waals surface area contributed by atoms with Crippen LogP contribution in [0.15, 0.2) is 48.8 Å². The first-order chi connectivity index (χ1) is 11.8. The number of pyridine rings is 1. The highest BCUT2D eigenvalue weighted by Crippen LogP contribution is 2.40. The first kappa shape index (κ1) is 15.5. The molecular weight excluding hydrogens is 318 g/mol. The summed E-state index contributed by atoms with van der Waals surface area (Å²) in [5.74, 6) is 0.773. The molecular formula is C19H21N3OS. The van der Waals surface area contributed by atoms with E-state index in [1.807, 2.05) is 17.0 Å². The molecule has 2 aliphatic rings. The molecule has 0 saturated carbocycles. The second-order valence-electron chi connectivity index (χ2n) is 6.33. The minimum absolute atomic E-state index is 0.110. The van der Waals surface area contributed by atoms with E-state index in [1.54, 1.807) is 24.2 Å².